The van der Waals surface area contributed by atoms with Crippen LogP contribution < -0.4 is 5.32 Å². The van der Waals surface area contributed by atoms with Gasteiger partial charge in [0.2, 0.25) is 5.91 Å². The molecule has 1 unspecified atom stereocenters. The quantitative estimate of drug-likeness (QED) is 0.819. The summed E-state index contributed by atoms with van der Waals surface area (Å²) < 4.78 is 0. The number of aryl methyl sites for hydroxylation is 1. The molecule has 0 saturated carbocycles. The minimum absolute atomic E-state index is 0.114. The van der Waals surface area contributed by atoms with Crippen LogP contribution in [0.25, 0.3) is 0 Å². The maximum absolute atomic E-state index is 11.8. The van der Waals surface area contributed by atoms with Crippen molar-refractivity contribution in [3.8, 4) is 0 Å². The van der Waals surface area contributed by atoms with Crippen LogP contribution in [0.5, 0.6) is 0 Å². The van der Waals surface area contributed by atoms with Gasteiger partial charge in [-0.3, -0.25) is 4.79 Å². The molecule has 1 aliphatic heterocycles. The Bertz CT molecular complexity index is 604. The smallest absolute Gasteiger partial charge is 0.224 e. The highest BCUT2D eigenvalue weighted by Gasteiger charge is 2.23. The van der Waals surface area contributed by atoms with Gasteiger partial charge in [0.15, 0.2) is 0 Å². The maximum atomic E-state index is 11.8. The van der Waals surface area contributed by atoms with E-state index >= 15 is 0 Å². The third-order valence-electron chi connectivity index (χ3n) is 3.72. The van der Waals surface area contributed by atoms with Crippen molar-refractivity contribution in [2.45, 2.75) is 25.7 Å². The molecular weight excluding hydrogens is 234 g/mol. The minimum atomic E-state index is 0.114. The van der Waals surface area contributed by atoms with Gasteiger partial charge in [0, 0.05) is 18.0 Å². The number of anilines is 1. The molecule has 19 heavy (non-hydrogen) atoms. The molecule has 1 heterocycles. The Morgan fingerprint density at radius 3 is 2.68 bits per heavy atom. The number of benzene rings is 2. The molecule has 0 aromatic heterocycles. The zero-order valence-corrected chi connectivity index (χ0v) is 11.0. The van der Waals surface area contributed by atoms with Gasteiger partial charge in [-0.2, -0.15) is 0 Å². The van der Waals surface area contributed by atoms with E-state index in [4.69, 9.17) is 0 Å². The second-order valence-corrected chi connectivity index (χ2v) is 5.14. The average Bonchev–Trinajstić information content (AvgIpc) is 2.58. The fourth-order valence-electron chi connectivity index (χ4n) is 2.76. The lowest BCUT2D eigenvalue weighted by Gasteiger charge is -2.18. The fraction of sp³-hybridized carbons (Fsp3) is 0.235. The van der Waals surface area contributed by atoms with Gasteiger partial charge in [0.1, 0.15) is 0 Å². The largest absolute Gasteiger partial charge is 0.326 e. The second-order valence-electron chi connectivity index (χ2n) is 5.14. The first kappa shape index (κ1) is 12.0. The third kappa shape index (κ3) is 2.39. The van der Waals surface area contributed by atoms with Crippen molar-refractivity contribution in [1.82, 2.24) is 0 Å². The summed E-state index contributed by atoms with van der Waals surface area (Å²) in [6.45, 7) is 2.09. The van der Waals surface area contributed by atoms with Gasteiger partial charge in [-0.25, -0.2) is 0 Å². The molecule has 0 fully saturated rings. The molecule has 0 spiro atoms. The molecule has 0 radical (unpaired) electrons. The second kappa shape index (κ2) is 4.88. The predicted molar refractivity (Wildman–Crippen MR) is 77.3 cm³/mol. The first-order valence-electron chi connectivity index (χ1n) is 6.69. The zero-order valence-electron chi connectivity index (χ0n) is 11.0. The van der Waals surface area contributed by atoms with Crippen molar-refractivity contribution in [2.24, 2.45) is 0 Å². The molecule has 2 aromatic carbocycles. The number of nitrogens with one attached hydrogen (secondary N) is 1. The highest BCUT2D eigenvalue weighted by molar-refractivity contribution is 5.92. The monoisotopic (exact) mass is 251 g/mol. The highest BCUT2D eigenvalue weighted by atomic mass is 16.1. The summed E-state index contributed by atoms with van der Waals surface area (Å²) in [6.07, 6.45) is 1.44. The summed E-state index contributed by atoms with van der Waals surface area (Å²) in [5.41, 5.74) is 4.71. The van der Waals surface area contributed by atoms with E-state index in [2.05, 4.69) is 42.6 Å². The van der Waals surface area contributed by atoms with Gasteiger partial charge in [0.05, 0.1) is 0 Å². The third-order valence-corrected chi connectivity index (χ3v) is 3.72. The SMILES string of the molecule is Cc1ccc2c(c1)C(c1ccccc1)CCC(=O)N2. The molecule has 96 valence electrons. The van der Waals surface area contributed by atoms with E-state index in [9.17, 15) is 4.79 Å². The maximum Gasteiger partial charge on any atom is 0.224 e. The lowest BCUT2D eigenvalue weighted by molar-refractivity contribution is -0.116. The van der Waals surface area contributed by atoms with E-state index in [1.165, 1.54) is 16.7 Å². The Morgan fingerprint density at radius 2 is 1.89 bits per heavy atom. The van der Waals surface area contributed by atoms with Crippen molar-refractivity contribution in [1.29, 1.82) is 0 Å². The summed E-state index contributed by atoms with van der Waals surface area (Å²) in [4.78, 5) is 11.8. The van der Waals surface area contributed by atoms with Crippen LogP contribution in [-0.4, -0.2) is 5.91 Å². The van der Waals surface area contributed by atoms with Gasteiger partial charge in [0.25, 0.3) is 0 Å². The van der Waals surface area contributed by atoms with Gasteiger partial charge in [-0.05, 0) is 30.5 Å². The Balaban J connectivity index is 2.11. The van der Waals surface area contributed by atoms with Crippen LogP contribution in [0.4, 0.5) is 5.69 Å². The van der Waals surface area contributed by atoms with Crippen molar-refractivity contribution >= 4 is 11.6 Å². The van der Waals surface area contributed by atoms with Gasteiger partial charge < -0.3 is 5.32 Å². The minimum Gasteiger partial charge on any atom is -0.326 e. The van der Waals surface area contributed by atoms with Gasteiger partial charge in [-0.1, -0.05) is 48.0 Å². The summed E-state index contributed by atoms with van der Waals surface area (Å²) in [5.74, 6) is 0.415. The molecule has 3 rings (SSSR count). The van der Waals surface area contributed by atoms with Gasteiger partial charge >= 0.3 is 0 Å². The lowest BCUT2D eigenvalue weighted by atomic mass is 9.87. The molecule has 1 atom stereocenters. The number of hydrogen-bond acceptors (Lipinski definition) is 1. The predicted octanol–water partition coefficient (Wildman–Crippen LogP) is 3.86. The molecule has 1 N–H and O–H groups in total. The van der Waals surface area contributed by atoms with Crippen LogP contribution in [0.1, 0.15) is 35.4 Å². The molecule has 1 amide bonds. The van der Waals surface area contributed by atoms with E-state index in [1.807, 2.05) is 18.2 Å². The van der Waals surface area contributed by atoms with E-state index in [0.717, 1.165) is 12.1 Å². The van der Waals surface area contributed by atoms with Crippen molar-refractivity contribution in [3.63, 3.8) is 0 Å². The first-order valence-corrected chi connectivity index (χ1v) is 6.69. The molecule has 0 aliphatic carbocycles. The summed E-state index contributed by atoms with van der Waals surface area (Å²) in [5, 5.41) is 3.01. The molecular formula is C17H17NO. The number of hydrogen-bond donors (Lipinski definition) is 1. The summed E-state index contributed by atoms with van der Waals surface area (Å²) >= 11 is 0. The number of carbonyl (C=O) groups is 1. The Morgan fingerprint density at radius 1 is 1.11 bits per heavy atom. The number of amides is 1. The van der Waals surface area contributed by atoms with Crippen LogP contribution in [0.2, 0.25) is 0 Å². The Labute approximate surface area is 113 Å². The van der Waals surface area contributed by atoms with E-state index in [1.54, 1.807) is 0 Å². The lowest BCUT2D eigenvalue weighted by Crippen LogP contribution is -2.09. The van der Waals surface area contributed by atoms with Crippen LogP contribution in [-0.2, 0) is 4.79 Å². The number of carbonyl (C=O) groups excluding carboxylic acids is 1. The highest BCUT2D eigenvalue weighted by Crippen LogP contribution is 2.36. The first-order chi connectivity index (χ1) is 9.24. The molecule has 0 saturated heterocycles. The molecule has 0 bridgehead atoms. The van der Waals surface area contributed by atoms with E-state index < -0.39 is 0 Å². The number of rotatable bonds is 1. The Hall–Kier alpha value is -2.09. The zero-order chi connectivity index (χ0) is 13.2. The molecule has 2 aromatic rings. The number of fused-ring (bicyclic) bond motifs is 1. The molecule has 1 aliphatic rings. The van der Waals surface area contributed by atoms with Crippen molar-refractivity contribution in [3.05, 3.63) is 65.2 Å². The molecule has 2 nitrogen and oxygen atoms in total. The van der Waals surface area contributed by atoms with Crippen LogP contribution in [0.3, 0.4) is 0 Å². The van der Waals surface area contributed by atoms with Crippen molar-refractivity contribution < 1.29 is 4.79 Å². The Kier molecular flexibility index (Phi) is 3.08. The topological polar surface area (TPSA) is 29.1 Å². The standard InChI is InChI=1S/C17H17NO/c1-12-7-9-16-15(11-12)14(8-10-17(19)18-16)13-5-3-2-4-6-13/h2-7,9,11,14H,8,10H2,1H3,(H,18,19). The van der Waals surface area contributed by atoms with Gasteiger partial charge in [-0.15, -0.1) is 0 Å². The molecule has 2 heteroatoms. The van der Waals surface area contributed by atoms with Crippen LogP contribution in [0.15, 0.2) is 48.5 Å². The summed E-state index contributed by atoms with van der Waals surface area (Å²) in [7, 11) is 0. The van der Waals surface area contributed by atoms with Crippen LogP contribution >= 0.6 is 0 Å². The average molecular weight is 251 g/mol. The van der Waals surface area contributed by atoms with Crippen LogP contribution in [0, 0.1) is 6.92 Å². The van der Waals surface area contributed by atoms with E-state index in [-0.39, 0.29) is 5.91 Å². The fourth-order valence-corrected chi connectivity index (χ4v) is 2.76. The van der Waals surface area contributed by atoms with E-state index in [0.29, 0.717) is 12.3 Å². The van der Waals surface area contributed by atoms with Crippen molar-refractivity contribution in [2.75, 3.05) is 5.32 Å². The normalized spacial score (nSPS) is 18.4. The summed E-state index contributed by atoms with van der Waals surface area (Å²) in [6, 6.07) is 16.7.